The van der Waals surface area contributed by atoms with Crippen LogP contribution in [0.15, 0.2) is 18.3 Å². The molecule has 0 aromatic carbocycles. The number of carbonyl (C=O) groups excluding carboxylic acids is 2. The number of ether oxygens (including phenoxy) is 1. The Bertz CT molecular complexity index is 1210. The van der Waals surface area contributed by atoms with Crippen LogP contribution in [0.1, 0.15) is 67.3 Å². The molecule has 2 amide bonds. The molecule has 2 aromatic rings. The molecule has 3 N–H and O–H groups in total. The second-order valence-corrected chi connectivity index (χ2v) is 10.1. The Labute approximate surface area is 205 Å². The number of hydrogen-bond acceptors (Lipinski definition) is 6. The van der Waals surface area contributed by atoms with Crippen molar-refractivity contribution in [3.63, 3.8) is 0 Å². The number of rotatable bonds is 6. The lowest BCUT2D eigenvalue weighted by Crippen LogP contribution is -2.40. The number of unbranched alkanes of at least 4 members (excludes halogenated alkanes) is 1. The first kappa shape index (κ1) is 24.9. The van der Waals surface area contributed by atoms with Crippen molar-refractivity contribution < 1.29 is 19.4 Å². The van der Waals surface area contributed by atoms with E-state index in [1.807, 2.05) is 0 Å². The van der Waals surface area contributed by atoms with Gasteiger partial charge in [-0.2, -0.15) is 5.10 Å². The molecular formula is C26H33N5O4. The Morgan fingerprint density at radius 2 is 2.17 bits per heavy atom. The zero-order chi connectivity index (χ0) is 25.4. The molecule has 2 aromatic heterocycles. The zero-order valence-corrected chi connectivity index (χ0v) is 20.8. The van der Waals surface area contributed by atoms with Crippen LogP contribution in [0, 0.1) is 17.3 Å². The average molecular weight is 480 g/mol. The predicted molar refractivity (Wildman–Crippen MR) is 130 cm³/mol. The first-order chi connectivity index (χ1) is 16.6. The zero-order valence-electron chi connectivity index (χ0n) is 20.8. The third-order valence-corrected chi connectivity index (χ3v) is 6.91. The molecule has 3 heterocycles. The third kappa shape index (κ3) is 4.81. The van der Waals surface area contributed by atoms with Crippen LogP contribution in [0.4, 0.5) is 0 Å². The number of aromatic nitrogens is 3. The summed E-state index contributed by atoms with van der Waals surface area (Å²) in [7, 11) is 1.64. The van der Waals surface area contributed by atoms with Crippen molar-refractivity contribution in [3.8, 4) is 17.7 Å². The number of aliphatic hydroxyl groups is 1. The minimum absolute atomic E-state index is 0.0507. The smallest absolute Gasteiger partial charge is 0.269 e. The molecule has 0 unspecified atom stereocenters. The molecule has 1 aliphatic heterocycles. The van der Waals surface area contributed by atoms with Crippen molar-refractivity contribution >= 4 is 11.8 Å². The molecule has 35 heavy (non-hydrogen) atoms. The first-order valence-electron chi connectivity index (χ1n) is 12.1. The van der Waals surface area contributed by atoms with Gasteiger partial charge in [-0.1, -0.05) is 39.0 Å². The van der Waals surface area contributed by atoms with Crippen LogP contribution in [-0.2, 0) is 22.4 Å². The number of carbonyl (C=O) groups is 2. The minimum Gasteiger partial charge on any atom is -0.377 e. The fraction of sp³-hybridized carbons (Fsp3) is 0.538. The van der Waals surface area contributed by atoms with Gasteiger partial charge in [0.05, 0.1) is 11.8 Å². The topological polar surface area (TPSA) is 124 Å². The molecule has 2 aliphatic rings. The summed E-state index contributed by atoms with van der Waals surface area (Å²) >= 11 is 0. The summed E-state index contributed by atoms with van der Waals surface area (Å²) in [4.78, 5) is 30.4. The highest BCUT2D eigenvalue weighted by molar-refractivity contribution is 5.93. The highest BCUT2D eigenvalue weighted by Gasteiger charge is 2.42. The Kier molecular flexibility index (Phi) is 6.71. The summed E-state index contributed by atoms with van der Waals surface area (Å²) in [6.07, 6.45) is 5.02. The van der Waals surface area contributed by atoms with E-state index in [2.05, 4.69) is 42.7 Å². The van der Waals surface area contributed by atoms with Gasteiger partial charge in [0.15, 0.2) is 11.5 Å². The summed E-state index contributed by atoms with van der Waals surface area (Å²) in [6, 6.07) is 3.43. The van der Waals surface area contributed by atoms with Crippen LogP contribution in [0.25, 0.3) is 5.82 Å². The number of primary amides is 1. The van der Waals surface area contributed by atoms with Crippen molar-refractivity contribution in [2.75, 3.05) is 20.2 Å². The molecule has 1 saturated heterocycles. The van der Waals surface area contributed by atoms with Crippen molar-refractivity contribution in [1.82, 2.24) is 19.7 Å². The maximum absolute atomic E-state index is 12.3. The molecule has 0 bridgehead atoms. The number of likely N-dealkylation sites (tertiary alicyclic amines) is 1. The Balaban J connectivity index is 1.69. The van der Waals surface area contributed by atoms with Crippen molar-refractivity contribution in [2.45, 2.75) is 64.6 Å². The fourth-order valence-corrected chi connectivity index (χ4v) is 4.69. The fourth-order valence-electron chi connectivity index (χ4n) is 4.69. The third-order valence-electron chi connectivity index (χ3n) is 6.91. The van der Waals surface area contributed by atoms with Gasteiger partial charge in [0.1, 0.15) is 0 Å². The summed E-state index contributed by atoms with van der Waals surface area (Å²) in [5, 5.41) is 15.1. The van der Waals surface area contributed by atoms with Crippen LogP contribution < -0.4 is 5.73 Å². The highest BCUT2D eigenvalue weighted by atomic mass is 16.5. The molecular weight excluding hydrogens is 446 g/mol. The molecule has 9 heteroatoms. The second kappa shape index (κ2) is 9.44. The quantitative estimate of drug-likeness (QED) is 0.479. The van der Waals surface area contributed by atoms with Gasteiger partial charge >= 0.3 is 0 Å². The second-order valence-electron chi connectivity index (χ2n) is 10.1. The van der Waals surface area contributed by atoms with Gasteiger partial charge in [0, 0.05) is 50.4 Å². The molecule has 2 atom stereocenters. The van der Waals surface area contributed by atoms with E-state index in [9.17, 15) is 14.7 Å². The summed E-state index contributed by atoms with van der Waals surface area (Å²) in [5.74, 6) is 5.14. The lowest BCUT2D eigenvalue weighted by Gasteiger charge is -2.38. The minimum atomic E-state index is -1.68. The largest absolute Gasteiger partial charge is 0.377 e. The van der Waals surface area contributed by atoms with E-state index >= 15 is 0 Å². The van der Waals surface area contributed by atoms with Crippen molar-refractivity contribution in [3.05, 3.63) is 40.8 Å². The van der Waals surface area contributed by atoms with Crippen LogP contribution in [-0.4, -0.2) is 68.5 Å². The van der Waals surface area contributed by atoms with E-state index in [0.717, 1.165) is 24.1 Å². The normalized spacial score (nSPS) is 23.1. The van der Waals surface area contributed by atoms with Gasteiger partial charge in [0.25, 0.3) is 11.8 Å². The van der Waals surface area contributed by atoms with Gasteiger partial charge in [-0.05, 0) is 30.4 Å². The lowest BCUT2D eigenvalue weighted by molar-refractivity contribution is -0.137. The molecule has 0 saturated carbocycles. The molecule has 9 nitrogen and oxygen atoms in total. The Morgan fingerprint density at radius 1 is 1.40 bits per heavy atom. The Hall–Kier alpha value is -3.22. The maximum atomic E-state index is 12.3. The molecule has 4 rings (SSSR count). The van der Waals surface area contributed by atoms with E-state index in [4.69, 9.17) is 10.5 Å². The van der Waals surface area contributed by atoms with Crippen LogP contribution in [0.2, 0.25) is 0 Å². The van der Waals surface area contributed by atoms with Gasteiger partial charge < -0.3 is 20.5 Å². The summed E-state index contributed by atoms with van der Waals surface area (Å²) < 4.78 is 7.85. The number of hydrogen-bond donors (Lipinski definition) is 2. The molecule has 1 fully saturated rings. The average Bonchev–Trinajstić information content (AvgIpc) is 3.30. The van der Waals surface area contributed by atoms with Crippen molar-refractivity contribution in [1.29, 1.82) is 0 Å². The summed E-state index contributed by atoms with van der Waals surface area (Å²) in [6.45, 7) is 7.56. The number of fused-ring (bicyclic) bond motifs is 1. The van der Waals surface area contributed by atoms with Gasteiger partial charge in [0.2, 0.25) is 5.60 Å². The van der Waals surface area contributed by atoms with Crippen LogP contribution in [0.3, 0.4) is 0 Å². The number of nitrogens with zero attached hydrogens (tertiary/aromatic N) is 4. The molecule has 186 valence electrons. The first-order valence-corrected chi connectivity index (χ1v) is 12.1. The summed E-state index contributed by atoms with van der Waals surface area (Å²) in [5.41, 5.74) is 6.31. The highest BCUT2D eigenvalue weighted by Crippen LogP contribution is 2.39. The molecule has 0 radical (unpaired) electrons. The van der Waals surface area contributed by atoms with Crippen LogP contribution >= 0.6 is 0 Å². The van der Waals surface area contributed by atoms with Gasteiger partial charge in [-0.3, -0.25) is 9.59 Å². The SMILES string of the molecule is CCCCO[C@H]1Cc2c(C(N)=O)nn(-c3cc(C#C[C@]4(O)CCN(C)C4=O)ccn3)c2CC1(C)C. The van der Waals surface area contributed by atoms with Gasteiger partial charge in [-0.25, -0.2) is 9.67 Å². The van der Waals surface area contributed by atoms with E-state index in [1.54, 1.807) is 30.1 Å². The predicted octanol–water partition coefficient (Wildman–Crippen LogP) is 1.62. The Morgan fingerprint density at radius 3 is 2.83 bits per heavy atom. The maximum Gasteiger partial charge on any atom is 0.269 e. The number of likely N-dealkylation sites (N-methyl/N-ethyl adjacent to an activating group) is 1. The van der Waals surface area contributed by atoms with Crippen molar-refractivity contribution in [2.24, 2.45) is 11.1 Å². The molecule has 1 aliphatic carbocycles. The number of amides is 2. The standard InChI is InChI=1S/C26H33N5O4/c1-5-6-13-35-20-15-18-19(16-25(20,2)3)31(29-22(18)23(27)32)21-14-17(8-11-28-21)7-9-26(34)10-12-30(4)24(26)33/h8,11,14,20,34H,5-6,10,12-13,15-16H2,1-4H3,(H2,27,32)/t20-,26-/m0/s1. The van der Waals surface area contributed by atoms with Gasteiger partial charge in [-0.15, -0.1) is 0 Å². The van der Waals surface area contributed by atoms with E-state index in [0.29, 0.717) is 37.4 Å². The lowest BCUT2D eigenvalue weighted by atomic mass is 9.73. The van der Waals surface area contributed by atoms with Crippen LogP contribution in [0.5, 0.6) is 0 Å². The van der Waals surface area contributed by atoms with E-state index in [-0.39, 0.29) is 23.6 Å². The van der Waals surface area contributed by atoms with E-state index in [1.165, 1.54) is 4.90 Å². The number of pyridine rings is 1. The van der Waals surface area contributed by atoms with E-state index < -0.39 is 17.4 Å². The number of nitrogens with two attached hydrogens (primary N) is 1. The molecule has 0 spiro atoms. The monoisotopic (exact) mass is 479 g/mol.